The van der Waals surface area contributed by atoms with Crippen molar-refractivity contribution >= 4 is 17.6 Å². The second-order valence-electron chi connectivity index (χ2n) is 3.99. The molecule has 0 unspecified atom stereocenters. The fourth-order valence-electron chi connectivity index (χ4n) is 1.50. The molecule has 0 spiro atoms. The number of nitrogens with one attached hydrogen (secondary N) is 1. The largest absolute Gasteiger partial charge is 0.383 e. The lowest BCUT2D eigenvalue weighted by Crippen LogP contribution is -2.39. The molecule has 7 heteroatoms. The topological polar surface area (TPSA) is 84.7 Å². The van der Waals surface area contributed by atoms with E-state index in [1.165, 1.54) is 17.2 Å². The van der Waals surface area contributed by atoms with Crippen LogP contribution in [0.4, 0.5) is 5.82 Å². The molecule has 0 bridgehead atoms. The van der Waals surface area contributed by atoms with Crippen molar-refractivity contribution in [2.24, 2.45) is 0 Å². The van der Waals surface area contributed by atoms with Gasteiger partial charge in [0, 0.05) is 26.1 Å². The zero-order valence-corrected chi connectivity index (χ0v) is 11.2. The van der Waals surface area contributed by atoms with E-state index in [4.69, 9.17) is 4.74 Å². The number of nitrogens with zero attached hydrogens (tertiary/aromatic N) is 2. The highest BCUT2D eigenvalue weighted by atomic mass is 16.5. The summed E-state index contributed by atoms with van der Waals surface area (Å²) in [4.78, 5) is 25.1. The lowest BCUT2D eigenvalue weighted by Gasteiger charge is -2.21. The van der Waals surface area contributed by atoms with E-state index in [0.717, 1.165) is 6.42 Å². The maximum atomic E-state index is 11.8. The highest BCUT2D eigenvalue weighted by molar-refractivity contribution is 5.93. The van der Waals surface area contributed by atoms with Gasteiger partial charge in [-0.1, -0.05) is 12.1 Å². The van der Waals surface area contributed by atoms with E-state index in [1.807, 2.05) is 6.92 Å². The van der Waals surface area contributed by atoms with Gasteiger partial charge in [-0.2, -0.15) is 0 Å². The lowest BCUT2D eigenvalue weighted by atomic mass is 10.3. The molecule has 0 radical (unpaired) electrons. The molecule has 0 fully saturated rings. The molecule has 19 heavy (non-hydrogen) atoms. The molecular formula is C12H19N3O4. The summed E-state index contributed by atoms with van der Waals surface area (Å²) in [5.41, 5.74) is 0. The molecule has 1 heterocycles. The van der Waals surface area contributed by atoms with E-state index in [-0.39, 0.29) is 18.4 Å². The maximum Gasteiger partial charge on any atom is 0.245 e. The first-order valence-electron chi connectivity index (χ1n) is 6.14. The number of ether oxygens (including phenoxy) is 1. The van der Waals surface area contributed by atoms with Crippen LogP contribution in [-0.2, 0) is 14.3 Å². The van der Waals surface area contributed by atoms with E-state index >= 15 is 0 Å². The van der Waals surface area contributed by atoms with Crippen LogP contribution in [0.3, 0.4) is 0 Å². The van der Waals surface area contributed by atoms with Crippen molar-refractivity contribution in [3.05, 3.63) is 12.3 Å². The molecule has 0 aromatic carbocycles. The predicted molar refractivity (Wildman–Crippen MR) is 68.5 cm³/mol. The monoisotopic (exact) mass is 269 g/mol. The lowest BCUT2D eigenvalue weighted by molar-refractivity contribution is -0.135. The summed E-state index contributed by atoms with van der Waals surface area (Å²) in [6.45, 7) is 2.69. The third-order valence-corrected chi connectivity index (χ3v) is 2.42. The number of anilines is 1. The predicted octanol–water partition coefficient (Wildman–Crippen LogP) is 0.888. The molecule has 0 saturated carbocycles. The van der Waals surface area contributed by atoms with E-state index in [0.29, 0.717) is 25.4 Å². The first kappa shape index (κ1) is 15.2. The molecule has 0 aliphatic heterocycles. The van der Waals surface area contributed by atoms with Gasteiger partial charge in [-0.3, -0.25) is 9.59 Å². The van der Waals surface area contributed by atoms with Crippen molar-refractivity contribution in [3.63, 3.8) is 0 Å². The fourth-order valence-corrected chi connectivity index (χ4v) is 1.50. The van der Waals surface area contributed by atoms with Crippen LogP contribution in [0.5, 0.6) is 0 Å². The molecule has 106 valence electrons. The first-order chi connectivity index (χ1) is 9.17. The Balaban J connectivity index is 2.50. The van der Waals surface area contributed by atoms with Crippen LogP contribution < -0.4 is 5.32 Å². The Labute approximate surface area is 111 Å². The minimum absolute atomic E-state index is 0.0188. The zero-order valence-electron chi connectivity index (χ0n) is 11.2. The third-order valence-electron chi connectivity index (χ3n) is 2.42. The Morgan fingerprint density at radius 3 is 2.89 bits per heavy atom. The van der Waals surface area contributed by atoms with E-state index < -0.39 is 0 Å². The van der Waals surface area contributed by atoms with Gasteiger partial charge in [0.1, 0.15) is 6.26 Å². The number of amides is 2. The van der Waals surface area contributed by atoms with Gasteiger partial charge in [-0.25, -0.2) is 0 Å². The van der Waals surface area contributed by atoms with E-state index in [2.05, 4.69) is 15.0 Å². The Kier molecular flexibility index (Phi) is 6.59. The smallest absolute Gasteiger partial charge is 0.245 e. The van der Waals surface area contributed by atoms with Crippen molar-refractivity contribution in [3.8, 4) is 0 Å². The van der Waals surface area contributed by atoms with Crippen molar-refractivity contribution < 1.29 is 18.8 Å². The molecule has 0 aliphatic carbocycles. The minimum Gasteiger partial charge on any atom is -0.383 e. The van der Waals surface area contributed by atoms with E-state index in [9.17, 15) is 9.59 Å². The summed E-state index contributed by atoms with van der Waals surface area (Å²) in [5.74, 6) is -0.0380. The van der Waals surface area contributed by atoms with Gasteiger partial charge >= 0.3 is 0 Å². The van der Waals surface area contributed by atoms with Crippen LogP contribution in [0.2, 0.25) is 0 Å². The standard InChI is InChI=1S/C12H19N3O4/c1-3-4-12(17)15(6-8-18-2)9-11(16)13-10-5-7-19-14-10/h5,7H,3-4,6,8-9H2,1-2H3,(H,13,14,16). The average Bonchev–Trinajstić information content (AvgIpc) is 2.87. The van der Waals surface area contributed by atoms with Crippen molar-refractivity contribution in [2.45, 2.75) is 19.8 Å². The van der Waals surface area contributed by atoms with Crippen LogP contribution in [0.1, 0.15) is 19.8 Å². The summed E-state index contributed by atoms with van der Waals surface area (Å²) in [6.07, 6.45) is 2.52. The van der Waals surface area contributed by atoms with Crippen LogP contribution in [0, 0.1) is 0 Å². The van der Waals surface area contributed by atoms with Crippen molar-refractivity contribution in [1.29, 1.82) is 0 Å². The number of rotatable bonds is 8. The van der Waals surface area contributed by atoms with Crippen LogP contribution >= 0.6 is 0 Å². The molecule has 0 atom stereocenters. The van der Waals surface area contributed by atoms with Crippen LogP contribution in [0.25, 0.3) is 0 Å². The molecule has 7 nitrogen and oxygen atoms in total. The highest BCUT2D eigenvalue weighted by Crippen LogP contribution is 2.03. The number of carbonyl (C=O) groups excluding carboxylic acids is 2. The van der Waals surface area contributed by atoms with Gasteiger partial charge in [0.2, 0.25) is 11.8 Å². The summed E-state index contributed by atoms with van der Waals surface area (Å²) in [5, 5.41) is 6.12. The molecule has 1 aromatic heterocycles. The Morgan fingerprint density at radius 1 is 1.53 bits per heavy atom. The summed E-state index contributed by atoms with van der Waals surface area (Å²) < 4.78 is 9.54. The Hall–Kier alpha value is -1.89. The molecule has 1 aromatic rings. The van der Waals surface area contributed by atoms with Gasteiger partial charge in [0.15, 0.2) is 5.82 Å². The average molecular weight is 269 g/mol. The molecule has 2 amide bonds. The second-order valence-corrected chi connectivity index (χ2v) is 3.99. The number of carbonyl (C=O) groups is 2. The molecule has 0 aliphatic rings. The van der Waals surface area contributed by atoms with Crippen molar-refractivity contribution in [1.82, 2.24) is 10.1 Å². The SMILES string of the molecule is CCCC(=O)N(CCOC)CC(=O)Nc1ccon1. The third kappa shape index (κ3) is 5.52. The van der Waals surface area contributed by atoms with Gasteiger partial charge in [0.05, 0.1) is 13.2 Å². The first-order valence-corrected chi connectivity index (χ1v) is 6.14. The highest BCUT2D eigenvalue weighted by Gasteiger charge is 2.16. The van der Waals surface area contributed by atoms with Gasteiger partial charge in [-0.15, -0.1) is 0 Å². The quantitative estimate of drug-likeness (QED) is 0.757. The summed E-state index contributed by atoms with van der Waals surface area (Å²) in [6, 6.07) is 1.53. The number of aromatic nitrogens is 1. The fraction of sp³-hybridized carbons (Fsp3) is 0.583. The van der Waals surface area contributed by atoms with Gasteiger partial charge < -0.3 is 19.5 Å². The molecule has 1 rings (SSSR count). The van der Waals surface area contributed by atoms with Crippen LogP contribution in [-0.4, -0.2) is 48.7 Å². The van der Waals surface area contributed by atoms with Crippen molar-refractivity contribution in [2.75, 3.05) is 32.1 Å². The minimum atomic E-state index is -0.311. The molecule has 0 saturated heterocycles. The summed E-state index contributed by atoms with van der Waals surface area (Å²) in [7, 11) is 1.55. The van der Waals surface area contributed by atoms with Gasteiger partial charge in [-0.05, 0) is 6.42 Å². The number of hydrogen-bond acceptors (Lipinski definition) is 5. The molecule has 1 N–H and O–H groups in total. The Morgan fingerprint density at radius 2 is 2.32 bits per heavy atom. The van der Waals surface area contributed by atoms with E-state index in [1.54, 1.807) is 7.11 Å². The maximum absolute atomic E-state index is 11.8. The molecular weight excluding hydrogens is 250 g/mol. The van der Waals surface area contributed by atoms with Crippen LogP contribution in [0.15, 0.2) is 16.9 Å². The van der Waals surface area contributed by atoms with Gasteiger partial charge in [0.25, 0.3) is 0 Å². The number of hydrogen-bond donors (Lipinski definition) is 1. The normalized spacial score (nSPS) is 10.2. The number of methoxy groups -OCH3 is 1. The Bertz CT molecular complexity index is 392. The zero-order chi connectivity index (χ0) is 14.1. The summed E-state index contributed by atoms with van der Waals surface area (Å²) >= 11 is 0. The second kappa shape index (κ2) is 8.25.